The van der Waals surface area contributed by atoms with E-state index in [1.807, 2.05) is 12.1 Å². The van der Waals surface area contributed by atoms with E-state index in [1.165, 1.54) is 12.7 Å². The maximum atomic E-state index is 13.0. The Hall–Kier alpha value is -4.21. The first-order valence-corrected chi connectivity index (χ1v) is 17.0. The molecule has 3 aromatic carbocycles. The average Bonchev–Trinajstić information content (AvgIpc) is 3.09. The highest BCUT2D eigenvalue weighted by atomic mass is 16.5. The van der Waals surface area contributed by atoms with Crippen LogP contribution in [0, 0.1) is 10.8 Å². The molecule has 48 heavy (non-hydrogen) atoms. The topological polar surface area (TPSA) is 113 Å². The molecule has 3 aromatic rings. The van der Waals surface area contributed by atoms with E-state index < -0.39 is 5.97 Å². The minimum Gasteiger partial charge on any atom is -0.493 e. The highest BCUT2D eigenvalue weighted by molar-refractivity contribution is 5.93. The number of rotatable bonds is 21. The van der Waals surface area contributed by atoms with Gasteiger partial charge >= 0.3 is 11.9 Å². The van der Waals surface area contributed by atoms with Crippen LogP contribution >= 0.6 is 0 Å². The van der Waals surface area contributed by atoms with Gasteiger partial charge in [-0.2, -0.15) is 0 Å². The highest BCUT2D eigenvalue weighted by Crippen LogP contribution is 2.32. The zero-order chi connectivity index (χ0) is 34.2. The van der Waals surface area contributed by atoms with Gasteiger partial charge in [-0.1, -0.05) is 44.9 Å². The summed E-state index contributed by atoms with van der Waals surface area (Å²) in [6.45, 7) is 8.20. The van der Waals surface area contributed by atoms with Crippen LogP contribution in [0.4, 0.5) is 0 Å². The lowest BCUT2D eigenvalue weighted by atomic mass is 9.84. The van der Waals surface area contributed by atoms with Gasteiger partial charge in [0, 0.05) is 30.2 Å². The molecule has 9 heteroatoms. The Kier molecular flexibility index (Phi) is 14.5. The molecule has 1 heterocycles. The second kappa shape index (κ2) is 19.0. The van der Waals surface area contributed by atoms with E-state index in [4.69, 9.17) is 33.8 Å². The molecule has 0 atom stereocenters. The second-order valence-electron chi connectivity index (χ2n) is 12.3. The zero-order valence-electron chi connectivity index (χ0n) is 28.5. The number of aryl methyl sites for hydroxylation is 1. The van der Waals surface area contributed by atoms with E-state index >= 15 is 0 Å². The Labute approximate surface area is 284 Å². The normalized spacial score (nSPS) is 13.3. The molecular formula is C39H49NO8. The predicted octanol–water partition coefficient (Wildman–Crippen LogP) is 7.65. The van der Waals surface area contributed by atoms with Crippen molar-refractivity contribution < 1.29 is 38.0 Å². The number of nitrogens with one attached hydrogen (secondary N) is 1. The molecule has 0 radical (unpaired) electrons. The zero-order valence-corrected chi connectivity index (χ0v) is 28.5. The fourth-order valence-electron chi connectivity index (χ4n) is 5.38. The molecular weight excluding hydrogens is 610 g/mol. The first kappa shape index (κ1) is 36.6. The average molecular weight is 660 g/mol. The van der Waals surface area contributed by atoms with Crippen LogP contribution in [0.3, 0.4) is 0 Å². The van der Waals surface area contributed by atoms with Crippen LogP contribution in [0.25, 0.3) is 0 Å². The Morgan fingerprint density at radius 1 is 0.792 bits per heavy atom. The Morgan fingerprint density at radius 3 is 2.17 bits per heavy atom. The van der Waals surface area contributed by atoms with Gasteiger partial charge in [0.15, 0.2) is 11.5 Å². The van der Waals surface area contributed by atoms with Gasteiger partial charge in [-0.05, 0) is 85.7 Å². The third kappa shape index (κ3) is 10.7. The molecule has 1 fully saturated rings. The molecule has 1 saturated heterocycles. The SMILES string of the molecule is CCCc1ccc(C(=O)OCCc2ccc(OC(=O)c3ccc(OCCCCCCOCC4(CC)COC4)c(OC)c3)c(C=N)c2)cc1. The molecule has 0 saturated carbocycles. The number of unbranched alkanes of at least 4 members (excludes halogenated alkanes) is 3. The van der Waals surface area contributed by atoms with E-state index in [0.29, 0.717) is 41.2 Å². The van der Waals surface area contributed by atoms with Crippen LogP contribution in [0.2, 0.25) is 0 Å². The summed E-state index contributed by atoms with van der Waals surface area (Å²) in [5.41, 5.74) is 3.52. The van der Waals surface area contributed by atoms with Gasteiger partial charge in [0.1, 0.15) is 5.75 Å². The number of hydrogen-bond donors (Lipinski definition) is 1. The molecule has 0 amide bonds. The van der Waals surface area contributed by atoms with Crippen molar-refractivity contribution in [1.82, 2.24) is 0 Å². The van der Waals surface area contributed by atoms with Gasteiger partial charge in [-0.3, -0.25) is 0 Å². The monoisotopic (exact) mass is 659 g/mol. The smallest absolute Gasteiger partial charge is 0.343 e. The summed E-state index contributed by atoms with van der Waals surface area (Å²) in [6.07, 6.45) is 8.72. The van der Waals surface area contributed by atoms with Crippen molar-refractivity contribution in [1.29, 1.82) is 5.41 Å². The van der Waals surface area contributed by atoms with Crippen molar-refractivity contribution in [3.63, 3.8) is 0 Å². The molecule has 0 unspecified atom stereocenters. The number of hydrogen-bond acceptors (Lipinski definition) is 9. The molecule has 0 bridgehead atoms. The molecule has 9 nitrogen and oxygen atoms in total. The Bertz CT molecular complexity index is 1480. The van der Waals surface area contributed by atoms with Crippen LogP contribution in [0.5, 0.6) is 17.2 Å². The molecule has 0 aliphatic carbocycles. The minimum atomic E-state index is -0.577. The lowest BCUT2D eigenvalue weighted by Gasteiger charge is -2.40. The summed E-state index contributed by atoms with van der Waals surface area (Å²) < 4.78 is 33.7. The van der Waals surface area contributed by atoms with Crippen molar-refractivity contribution in [3.8, 4) is 17.2 Å². The Morgan fingerprint density at radius 2 is 1.50 bits per heavy atom. The third-order valence-electron chi connectivity index (χ3n) is 8.60. The van der Waals surface area contributed by atoms with Crippen molar-refractivity contribution in [3.05, 3.63) is 88.5 Å². The van der Waals surface area contributed by atoms with Gasteiger partial charge in [0.25, 0.3) is 0 Å². The second-order valence-corrected chi connectivity index (χ2v) is 12.3. The molecule has 1 N–H and O–H groups in total. The lowest BCUT2D eigenvalue weighted by molar-refractivity contribution is -0.150. The van der Waals surface area contributed by atoms with Crippen molar-refractivity contribution in [2.45, 2.75) is 65.2 Å². The van der Waals surface area contributed by atoms with Crippen molar-refractivity contribution in [2.75, 3.05) is 46.8 Å². The lowest BCUT2D eigenvalue weighted by Crippen LogP contribution is -2.45. The van der Waals surface area contributed by atoms with Gasteiger partial charge in [-0.25, -0.2) is 9.59 Å². The number of carbonyl (C=O) groups is 2. The largest absolute Gasteiger partial charge is 0.493 e. The van der Waals surface area contributed by atoms with Crippen molar-refractivity contribution in [2.24, 2.45) is 5.41 Å². The van der Waals surface area contributed by atoms with Gasteiger partial charge in [-0.15, -0.1) is 0 Å². The van der Waals surface area contributed by atoms with E-state index in [0.717, 1.165) is 83.2 Å². The number of methoxy groups -OCH3 is 1. The standard InChI is InChI=1S/C39H49NO8/c1-4-10-29-11-14-31(15-12-29)37(41)47-22-19-30-13-17-34(33(23-30)25-40)48-38(42)32-16-18-35(36(24-32)43-3)46-21-9-7-6-8-20-44-26-39(5-2)27-45-28-39/h11-18,23-25,40H,4-10,19-22,26-28H2,1-3H3. The number of ether oxygens (including phenoxy) is 6. The van der Waals surface area contributed by atoms with Crippen LogP contribution in [0.15, 0.2) is 60.7 Å². The van der Waals surface area contributed by atoms with Gasteiger partial charge in [0.2, 0.25) is 0 Å². The van der Waals surface area contributed by atoms with Crippen LogP contribution in [-0.4, -0.2) is 64.9 Å². The maximum absolute atomic E-state index is 13.0. The molecule has 0 spiro atoms. The summed E-state index contributed by atoms with van der Waals surface area (Å²) >= 11 is 0. The van der Waals surface area contributed by atoms with E-state index in [-0.39, 0.29) is 23.7 Å². The molecule has 1 aliphatic heterocycles. The predicted molar refractivity (Wildman–Crippen MR) is 185 cm³/mol. The summed E-state index contributed by atoms with van der Waals surface area (Å²) in [5.74, 6) is 0.307. The highest BCUT2D eigenvalue weighted by Gasteiger charge is 2.36. The number of esters is 2. The summed E-state index contributed by atoms with van der Waals surface area (Å²) in [7, 11) is 1.53. The van der Waals surface area contributed by atoms with Crippen LogP contribution in [-0.2, 0) is 27.1 Å². The summed E-state index contributed by atoms with van der Waals surface area (Å²) in [5, 5.41) is 7.85. The third-order valence-corrected chi connectivity index (χ3v) is 8.60. The van der Waals surface area contributed by atoms with E-state index in [2.05, 4.69) is 13.8 Å². The summed E-state index contributed by atoms with van der Waals surface area (Å²) in [6, 6.07) is 17.6. The molecule has 4 rings (SSSR count). The maximum Gasteiger partial charge on any atom is 0.343 e. The van der Waals surface area contributed by atoms with Crippen LogP contribution in [0.1, 0.15) is 89.8 Å². The van der Waals surface area contributed by atoms with Gasteiger partial charge in [0.05, 0.1) is 51.3 Å². The molecule has 0 aromatic heterocycles. The fraction of sp³-hybridized carbons (Fsp3) is 0.462. The van der Waals surface area contributed by atoms with Crippen molar-refractivity contribution >= 4 is 18.2 Å². The van der Waals surface area contributed by atoms with Crippen LogP contribution < -0.4 is 14.2 Å². The van der Waals surface area contributed by atoms with E-state index in [1.54, 1.807) is 48.5 Å². The first-order chi connectivity index (χ1) is 23.4. The van der Waals surface area contributed by atoms with E-state index in [9.17, 15) is 9.59 Å². The number of benzene rings is 3. The summed E-state index contributed by atoms with van der Waals surface area (Å²) in [4.78, 5) is 25.4. The Balaban J connectivity index is 1.19. The quantitative estimate of drug-likeness (QED) is 0.0537. The van der Waals surface area contributed by atoms with Gasteiger partial charge < -0.3 is 33.8 Å². The minimum absolute atomic E-state index is 0.186. The fourth-order valence-corrected chi connectivity index (χ4v) is 5.38. The number of carbonyl (C=O) groups excluding carboxylic acids is 2. The molecule has 1 aliphatic rings. The first-order valence-electron chi connectivity index (χ1n) is 17.0. The molecule has 258 valence electrons.